The lowest BCUT2D eigenvalue weighted by molar-refractivity contribution is -0.117. The molecule has 0 fully saturated rings. The number of nitrogens with one attached hydrogen (secondary N) is 2. The van der Waals surface area contributed by atoms with Gasteiger partial charge in [0, 0.05) is 0 Å². The highest BCUT2D eigenvalue weighted by molar-refractivity contribution is 5.95. The predicted octanol–water partition coefficient (Wildman–Crippen LogP) is -0.764. The molecule has 0 aliphatic carbocycles. The number of hydrazine groups is 1. The zero-order valence-corrected chi connectivity index (χ0v) is 6.72. The molecule has 0 rings (SSSR count). The minimum atomic E-state index is -0.730. The van der Waals surface area contributed by atoms with Gasteiger partial charge in [-0.3, -0.25) is 15.5 Å². The van der Waals surface area contributed by atoms with E-state index in [-0.39, 0.29) is 12.3 Å². The average Bonchev–Trinajstić information content (AvgIpc) is 2.03. The Hall–Kier alpha value is -1.56. The third kappa shape index (κ3) is 3.57. The molecule has 0 saturated heterocycles. The Morgan fingerprint density at radius 1 is 1.58 bits per heavy atom. The van der Waals surface area contributed by atoms with Gasteiger partial charge in [-0.1, -0.05) is 6.58 Å². The fourth-order valence-corrected chi connectivity index (χ4v) is 0.434. The maximum absolute atomic E-state index is 10.7. The van der Waals surface area contributed by atoms with E-state index >= 15 is 0 Å². The highest BCUT2D eigenvalue weighted by Crippen LogP contribution is 1.85. The summed E-state index contributed by atoms with van der Waals surface area (Å²) in [6, 6.07) is 0. The smallest absolute Gasteiger partial charge is 0.411 e. The molecule has 4 N–H and O–H groups in total. The van der Waals surface area contributed by atoms with Crippen LogP contribution in [-0.4, -0.2) is 18.6 Å². The molecule has 0 aromatic carbocycles. The molecule has 6 heteroatoms. The quantitative estimate of drug-likeness (QED) is 0.226. The Labute approximate surface area is 69.7 Å². The molecule has 0 bridgehead atoms. The van der Waals surface area contributed by atoms with Crippen LogP contribution < -0.4 is 16.6 Å². The normalized spacial score (nSPS) is 8.50. The van der Waals surface area contributed by atoms with Crippen LogP contribution in [0.2, 0.25) is 0 Å². The molecule has 0 aliphatic heterocycles. The van der Waals surface area contributed by atoms with Crippen LogP contribution in [0.15, 0.2) is 12.3 Å². The van der Waals surface area contributed by atoms with Crippen molar-refractivity contribution in [2.45, 2.75) is 6.92 Å². The van der Waals surface area contributed by atoms with Gasteiger partial charge in [-0.2, -0.15) is 0 Å². The molecular formula is C6H11N3O3. The Balaban J connectivity index is 3.84. The van der Waals surface area contributed by atoms with Crippen molar-refractivity contribution in [3.05, 3.63) is 12.3 Å². The third-order valence-corrected chi connectivity index (χ3v) is 0.934. The van der Waals surface area contributed by atoms with Crippen LogP contribution in [0.1, 0.15) is 6.92 Å². The molecule has 0 spiro atoms. The van der Waals surface area contributed by atoms with Gasteiger partial charge in [0.1, 0.15) is 5.70 Å². The predicted molar refractivity (Wildman–Crippen MR) is 41.6 cm³/mol. The first kappa shape index (κ1) is 10.4. The zero-order valence-electron chi connectivity index (χ0n) is 6.72. The first-order valence-corrected chi connectivity index (χ1v) is 3.25. The van der Waals surface area contributed by atoms with Crippen molar-refractivity contribution >= 4 is 12.0 Å². The summed E-state index contributed by atoms with van der Waals surface area (Å²) in [7, 11) is 0. The van der Waals surface area contributed by atoms with Crippen molar-refractivity contribution in [3.8, 4) is 0 Å². The fourth-order valence-electron chi connectivity index (χ4n) is 0.434. The van der Waals surface area contributed by atoms with Gasteiger partial charge in [-0.25, -0.2) is 10.6 Å². The summed E-state index contributed by atoms with van der Waals surface area (Å²) in [6.07, 6.45) is -0.730. The zero-order chi connectivity index (χ0) is 9.56. The van der Waals surface area contributed by atoms with Crippen molar-refractivity contribution in [3.63, 3.8) is 0 Å². The van der Waals surface area contributed by atoms with Crippen LogP contribution in [-0.2, 0) is 9.53 Å². The number of nitrogens with two attached hydrogens (primary N) is 1. The van der Waals surface area contributed by atoms with Gasteiger partial charge in [0.25, 0.3) is 5.91 Å². The Kier molecular flexibility index (Phi) is 4.47. The topological polar surface area (TPSA) is 93.4 Å². The molecule has 0 saturated carbocycles. The van der Waals surface area contributed by atoms with E-state index in [0.29, 0.717) is 0 Å². The number of amides is 2. The minimum Gasteiger partial charge on any atom is -0.450 e. The van der Waals surface area contributed by atoms with Crippen molar-refractivity contribution in [1.82, 2.24) is 10.7 Å². The maximum atomic E-state index is 10.7. The maximum Gasteiger partial charge on any atom is 0.411 e. The summed E-state index contributed by atoms with van der Waals surface area (Å²) in [5.74, 6) is 4.11. The molecule has 12 heavy (non-hydrogen) atoms. The van der Waals surface area contributed by atoms with Gasteiger partial charge >= 0.3 is 6.09 Å². The highest BCUT2D eigenvalue weighted by Gasteiger charge is 2.08. The van der Waals surface area contributed by atoms with Crippen molar-refractivity contribution in [2.75, 3.05) is 6.61 Å². The molecule has 6 nitrogen and oxygen atoms in total. The van der Waals surface area contributed by atoms with Gasteiger partial charge in [0.15, 0.2) is 0 Å². The van der Waals surface area contributed by atoms with E-state index in [1.165, 1.54) is 0 Å². The van der Waals surface area contributed by atoms with Crippen LogP contribution in [0.5, 0.6) is 0 Å². The van der Waals surface area contributed by atoms with E-state index in [1.54, 1.807) is 12.3 Å². The first-order chi connectivity index (χ1) is 5.61. The van der Waals surface area contributed by atoms with E-state index in [9.17, 15) is 9.59 Å². The lowest BCUT2D eigenvalue weighted by Gasteiger charge is -2.05. The molecular weight excluding hydrogens is 162 g/mol. The molecule has 0 aliphatic rings. The minimum absolute atomic E-state index is 0.157. The second-order valence-corrected chi connectivity index (χ2v) is 1.80. The van der Waals surface area contributed by atoms with Gasteiger partial charge in [-0.05, 0) is 6.92 Å². The van der Waals surface area contributed by atoms with Crippen LogP contribution in [0.3, 0.4) is 0 Å². The summed E-state index contributed by atoms with van der Waals surface area (Å²) in [4.78, 5) is 21.3. The monoisotopic (exact) mass is 173 g/mol. The summed E-state index contributed by atoms with van der Waals surface area (Å²) in [5, 5.41) is 2.08. The summed E-state index contributed by atoms with van der Waals surface area (Å²) in [6.45, 7) is 5.11. The van der Waals surface area contributed by atoms with E-state index in [2.05, 4.69) is 16.6 Å². The van der Waals surface area contributed by atoms with Crippen molar-refractivity contribution < 1.29 is 14.3 Å². The van der Waals surface area contributed by atoms with Crippen molar-refractivity contribution in [1.29, 1.82) is 0 Å². The van der Waals surface area contributed by atoms with E-state index in [4.69, 9.17) is 5.84 Å². The van der Waals surface area contributed by atoms with Gasteiger partial charge in [0.2, 0.25) is 0 Å². The summed E-state index contributed by atoms with van der Waals surface area (Å²) >= 11 is 0. The molecule has 68 valence electrons. The second-order valence-electron chi connectivity index (χ2n) is 1.80. The van der Waals surface area contributed by atoms with Crippen LogP contribution in [0, 0.1) is 0 Å². The second kappa shape index (κ2) is 5.14. The van der Waals surface area contributed by atoms with Crippen LogP contribution >= 0.6 is 0 Å². The molecule has 0 aromatic rings. The number of hydrogen-bond donors (Lipinski definition) is 3. The van der Waals surface area contributed by atoms with Gasteiger partial charge < -0.3 is 4.74 Å². The largest absolute Gasteiger partial charge is 0.450 e. The lowest BCUT2D eigenvalue weighted by Crippen LogP contribution is -2.38. The Bertz CT molecular complexity index is 202. The summed E-state index contributed by atoms with van der Waals surface area (Å²) < 4.78 is 4.48. The van der Waals surface area contributed by atoms with Gasteiger partial charge in [-0.15, -0.1) is 0 Å². The van der Waals surface area contributed by atoms with Gasteiger partial charge in [0.05, 0.1) is 6.61 Å². The molecule has 2 amide bonds. The number of hydrogen-bond acceptors (Lipinski definition) is 4. The highest BCUT2D eigenvalue weighted by atomic mass is 16.5. The number of carbonyl (C=O) groups is 2. The SMILES string of the molecule is C=C(NC(=O)OCC)C(=O)NN. The molecule has 0 radical (unpaired) electrons. The molecule has 0 heterocycles. The van der Waals surface area contributed by atoms with E-state index in [1.807, 2.05) is 0 Å². The molecule has 0 aromatic heterocycles. The number of ether oxygens (including phenoxy) is 1. The van der Waals surface area contributed by atoms with E-state index < -0.39 is 12.0 Å². The van der Waals surface area contributed by atoms with Crippen LogP contribution in [0.25, 0.3) is 0 Å². The Morgan fingerprint density at radius 2 is 2.17 bits per heavy atom. The Morgan fingerprint density at radius 3 is 2.58 bits per heavy atom. The average molecular weight is 173 g/mol. The number of carbonyl (C=O) groups excluding carboxylic acids is 2. The molecule has 0 atom stereocenters. The fraction of sp³-hybridized carbons (Fsp3) is 0.333. The standard InChI is InChI=1S/C6H11N3O3/c1-3-12-6(11)8-4(2)5(10)9-7/h2-3,7H2,1H3,(H,8,11)(H,9,10). The molecule has 0 unspecified atom stereocenters. The first-order valence-electron chi connectivity index (χ1n) is 3.25. The third-order valence-electron chi connectivity index (χ3n) is 0.934. The number of alkyl carbamates (subject to hydrolysis) is 1. The van der Waals surface area contributed by atoms with E-state index in [0.717, 1.165) is 0 Å². The number of rotatable bonds is 3. The van der Waals surface area contributed by atoms with Crippen LogP contribution in [0.4, 0.5) is 4.79 Å². The lowest BCUT2D eigenvalue weighted by atomic mass is 10.5. The van der Waals surface area contributed by atoms with Crippen molar-refractivity contribution in [2.24, 2.45) is 5.84 Å². The summed E-state index contributed by atoms with van der Waals surface area (Å²) in [5.41, 5.74) is 1.65.